The summed E-state index contributed by atoms with van der Waals surface area (Å²) < 4.78 is 0. The van der Waals surface area contributed by atoms with Crippen LogP contribution in [-0.2, 0) is 0 Å². The molecule has 1 rings (SSSR count). The quantitative estimate of drug-likeness (QED) is 0.516. The maximum absolute atomic E-state index is 11.6. The molecule has 0 aliphatic heterocycles. The third-order valence-electron chi connectivity index (χ3n) is 2.30. The van der Waals surface area contributed by atoms with Gasteiger partial charge in [-0.1, -0.05) is 0 Å². The molecule has 86 valence electrons. The van der Waals surface area contributed by atoms with Gasteiger partial charge in [-0.15, -0.1) is 0 Å². The Morgan fingerprint density at radius 3 is 2.44 bits per heavy atom. The molecule has 16 heavy (non-hydrogen) atoms. The Morgan fingerprint density at radius 2 is 1.94 bits per heavy atom. The molecular formula is C11H14N2O3. The van der Waals surface area contributed by atoms with Crippen molar-refractivity contribution in [2.75, 3.05) is 12.3 Å². The van der Waals surface area contributed by atoms with Crippen LogP contribution in [0.25, 0.3) is 0 Å². The second kappa shape index (κ2) is 4.76. The van der Waals surface area contributed by atoms with E-state index in [1.165, 1.54) is 12.1 Å². The van der Waals surface area contributed by atoms with Crippen LogP contribution in [0.2, 0.25) is 0 Å². The van der Waals surface area contributed by atoms with E-state index in [9.17, 15) is 9.59 Å². The average Bonchev–Trinajstić information content (AvgIpc) is 2.20. The van der Waals surface area contributed by atoms with Crippen LogP contribution in [-0.4, -0.2) is 23.4 Å². The van der Waals surface area contributed by atoms with E-state index in [1.54, 1.807) is 6.92 Å². The van der Waals surface area contributed by atoms with E-state index >= 15 is 0 Å². The lowest BCUT2D eigenvalue weighted by molar-refractivity contribution is 0.0695. The fourth-order valence-corrected chi connectivity index (χ4v) is 1.46. The van der Waals surface area contributed by atoms with Crippen LogP contribution in [0.1, 0.15) is 32.7 Å². The van der Waals surface area contributed by atoms with Crippen molar-refractivity contribution in [2.45, 2.75) is 13.3 Å². The van der Waals surface area contributed by atoms with Gasteiger partial charge in [0.1, 0.15) is 0 Å². The van der Waals surface area contributed by atoms with Gasteiger partial charge in [0.05, 0.1) is 5.56 Å². The van der Waals surface area contributed by atoms with Gasteiger partial charge >= 0.3 is 5.97 Å². The highest BCUT2D eigenvalue weighted by Crippen LogP contribution is 2.20. The Morgan fingerprint density at radius 1 is 1.31 bits per heavy atom. The van der Waals surface area contributed by atoms with Crippen LogP contribution in [0.4, 0.5) is 5.69 Å². The van der Waals surface area contributed by atoms with Crippen molar-refractivity contribution in [3.05, 3.63) is 28.8 Å². The summed E-state index contributed by atoms with van der Waals surface area (Å²) in [6.45, 7) is 1.88. The molecule has 0 saturated heterocycles. The lowest BCUT2D eigenvalue weighted by atomic mass is 9.99. The highest BCUT2D eigenvalue weighted by molar-refractivity contribution is 6.03. The van der Waals surface area contributed by atoms with Crippen molar-refractivity contribution < 1.29 is 14.7 Å². The number of aromatic carboxylic acids is 1. The molecule has 5 heteroatoms. The molecule has 0 spiro atoms. The molecule has 1 aromatic rings. The number of nitrogens with two attached hydrogens (primary N) is 2. The van der Waals surface area contributed by atoms with Crippen molar-refractivity contribution in [1.82, 2.24) is 0 Å². The summed E-state index contributed by atoms with van der Waals surface area (Å²) in [7, 11) is 0. The van der Waals surface area contributed by atoms with E-state index in [0.717, 1.165) is 0 Å². The molecular weight excluding hydrogens is 208 g/mol. The minimum atomic E-state index is -1.05. The first-order valence-electron chi connectivity index (χ1n) is 4.84. The third kappa shape index (κ3) is 2.38. The second-order valence-electron chi connectivity index (χ2n) is 3.52. The maximum atomic E-state index is 11.6. The van der Waals surface area contributed by atoms with Crippen molar-refractivity contribution in [1.29, 1.82) is 0 Å². The monoisotopic (exact) mass is 222 g/mol. The maximum Gasteiger partial charge on any atom is 0.336 e. The number of Topliss-reactive ketones (excluding diaryl/α,β-unsaturated/α-hetero) is 1. The van der Waals surface area contributed by atoms with E-state index in [2.05, 4.69) is 0 Å². The van der Waals surface area contributed by atoms with Crippen LogP contribution >= 0.6 is 0 Å². The summed E-state index contributed by atoms with van der Waals surface area (Å²) in [6, 6.07) is 2.80. The lowest BCUT2D eigenvalue weighted by Gasteiger charge is -2.08. The van der Waals surface area contributed by atoms with Gasteiger partial charge in [-0.3, -0.25) is 4.79 Å². The van der Waals surface area contributed by atoms with Crippen LogP contribution in [0.5, 0.6) is 0 Å². The summed E-state index contributed by atoms with van der Waals surface area (Å²) in [5.74, 6) is -1.22. The van der Waals surface area contributed by atoms with E-state index in [1.807, 2.05) is 0 Å². The number of hydrogen-bond acceptors (Lipinski definition) is 4. The number of carbonyl (C=O) groups is 2. The number of benzene rings is 1. The molecule has 5 nitrogen and oxygen atoms in total. The van der Waals surface area contributed by atoms with E-state index in [-0.39, 0.29) is 30.0 Å². The Balaban J connectivity index is 3.20. The summed E-state index contributed by atoms with van der Waals surface area (Å²) in [4.78, 5) is 22.4. The Kier molecular flexibility index (Phi) is 3.63. The zero-order valence-electron chi connectivity index (χ0n) is 8.99. The molecule has 0 saturated carbocycles. The summed E-state index contributed by atoms with van der Waals surface area (Å²) in [5, 5.41) is 8.86. The molecule has 0 aromatic heterocycles. The highest BCUT2D eigenvalue weighted by atomic mass is 16.4. The molecule has 0 heterocycles. The van der Waals surface area contributed by atoms with Gasteiger partial charge in [0.15, 0.2) is 5.78 Å². The topological polar surface area (TPSA) is 106 Å². The standard InChI is InChI=1S/C11H14N2O3/c1-6-4-8(10(14)2-3-12)9(13)5-7(6)11(15)16/h4-5H,2-3,12-13H2,1H3,(H,15,16). The number of carboxylic acids is 1. The predicted molar refractivity (Wildman–Crippen MR) is 60.6 cm³/mol. The molecule has 1 aromatic carbocycles. The van der Waals surface area contributed by atoms with Gasteiger partial charge in [-0.2, -0.15) is 0 Å². The molecule has 0 fully saturated rings. The Hall–Kier alpha value is -1.88. The number of ketones is 1. The number of carbonyl (C=O) groups excluding carboxylic acids is 1. The van der Waals surface area contributed by atoms with Gasteiger partial charge in [0.25, 0.3) is 0 Å². The van der Waals surface area contributed by atoms with Gasteiger partial charge in [-0.25, -0.2) is 4.79 Å². The van der Waals surface area contributed by atoms with Crippen molar-refractivity contribution >= 4 is 17.4 Å². The lowest BCUT2D eigenvalue weighted by Crippen LogP contribution is -2.12. The first-order chi connectivity index (χ1) is 7.47. The van der Waals surface area contributed by atoms with Gasteiger partial charge in [0.2, 0.25) is 0 Å². The number of carboxylic acid groups (broad SMARTS) is 1. The smallest absolute Gasteiger partial charge is 0.336 e. The second-order valence-corrected chi connectivity index (χ2v) is 3.52. The number of aryl methyl sites for hydroxylation is 1. The summed E-state index contributed by atoms with van der Waals surface area (Å²) in [5.41, 5.74) is 12.1. The summed E-state index contributed by atoms with van der Waals surface area (Å²) >= 11 is 0. The zero-order chi connectivity index (χ0) is 12.3. The van der Waals surface area contributed by atoms with E-state index in [4.69, 9.17) is 16.6 Å². The molecule has 0 aliphatic rings. The molecule has 0 bridgehead atoms. The Bertz CT molecular complexity index is 441. The number of hydrogen-bond donors (Lipinski definition) is 3. The molecule has 0 aliphatic carbocycles. The van der Waals surface area contributed by atoms with E-state index < -0.39 is 5.97 Å². The van der Waals surface area contributed by atoms with Gasteiger partial charge in [0, 0.05) is 17.7 Å². The van der Waals surface area contributed by atoms with Gasteiger partial charge in [-0.05, 0) is 31.2 Å². The predicted octanol–water partition coefficient (Wildman–Crippen LogP) is 0.807. The first-order valence-corrected chi connectivity index (χ1v) is 4.84. The van der Waals surface area contributed by atoms with E-state index in [0.29, 0.717) is 11.1 Å². The number of nitrogen functional groups attached to an aromatic ring is 1. The van der Waals surface area contributed by atoms with Crippen molar-refractivity contribution in [3.8, 4) is 0 Å². The highest BCUT2D eigenvalue weighted by Gasteiger charge is 2.14. The van der Waals surface area contributed by atoms with Crippen LogP contribution in [0.3, 0.4) is 0 Å². The van der Waals surface area contributed by atoms with Gasteiger partial charge < -0.3 is 16.6 Å². The SMILES string of the molecule is Cc1cc(C(=O)CCN)c(N)cc1C(=O)O. The fourth-order valence-electron chi connectivity index (χ4n) is 1.46. The fraction of sp³-hybridized carbons (Fsp3) is 0.273. The molecule has 0 unspecified atom stereocenters. The van der Waals surface area contributed by atoms with Crippen LogP contribution < -0.4 is 11.5 Å². The van der Waals surface area contributed by atoms with Crippen molar-refractivity contribution in [2.24, 2.45) is 5.73 Å². The number of rotatable bonds is 4. The largest absolute Gasteiger partial charge is 0.478 e. The molecule has 0 amide bonds. The molecule has 0 atom stereocenters. The first kappa shape index (κ1) is 12.2. The summed E-state index contributed by atoms with van der Waals surface area (Å²) in [6.07, 6.45) is 0.204. The minimum Gasteiger partial charge on any atom is -0.478 e. The van der Waals surface area contributed by atoms with Crippen LogP contribution in [0.15, 0.2) is 12.1 Å². The normalized spacial score (nSPS) is 10.1. The zero-order valence-corrected chi connectivity index (χ0v) is 8.99. The van der Waals surface area contributed by atoms with Crippen molar-refractivity contribution in [3.63, 3.8) is 0 Å². The minimum absolute atomic E-state index is 0.113. The van der Waals surface area contributed by atoms with Crippen LogP contribution in [0, 0.1) is 6.92 Å². The number of anilines is 1. The Labute approximate surface area is 93.1 Å². The molecule has 5 N–H and O–H groups in total. The molecule has 0 radical (unpaired) electrons. The average molecular weight is 222 g/mol. The third-order valence-corrected chi connectivity index (χ3v) is 2.30.